The molecule has 2 aromatic carbocycles. The first-order chi connectivity index (χ1) is 10.1. The number of benzene rings is 2. The summed E-state index contributed by atoms with van der Waals surface area (Å²) in [7, 11) is 1.93. The topological polar surface area (TPSA) is 22.0 Å². The molecule has 0 radical (unpaired) electrons. The van der Waals surface area contributed by atoms with Crippen LogP contribution < -0.4 is 0 Å². The monoisotopic (exact) mass is 297 g/mol. The highest BCUT2D eigenvalue weighted by Crippen LogP contribution is 2.26. The highest BCUT2D eigenvalue weighted by Gasteiger charge is 2.15. The molecule has 0 amide bonds. The quantitative estimate of drug-likeness (QED) is 0.646. The average Bonchev–Trinajstić information content (AvgIpc) is 2.83. The normalized spacial score (nSPS) is 11.0. The molecule has 0 saturated carbocycles. The molecule has 0 fully saturated rings. The van der Waals surface area contributed by atoms with E-state index in [0.717, 1.165) is 22.9 Å². The second-order valence-corrected chi connectivity index (χ2v) is 5.63. The van der Waals surface area contributed by atoms with Crippen molar-refractivity contribution < 1.29 is 4.79 Å². The lowest BCUT2D eigenvalue weighted by molar-refractivity contribution is 0.104. The zero-order valence-corrected chi connectivity index (χ0v) is 12.8. The Hall–Kier alpha value is -2.06. The van der Waals surface area contributed by atoms with Gasteiger partial charge in [-0.05, 0) is 24.1 Å². The molecule has 0 bridgehead atoms. The van der Waals surface area contributed by atoms with Gasteiger partial charge in [0.15, 0.2) is 5.78 Å². The van der Waals surface area contributed by atoms with Crippen molar-refractivity contribution in [2.24, 2.45) is 7.05 Å². The van der Waals surface area contributed by atoms with Crippen molar-refractivity contribution >= 4 is 28.3 Å². The minimum absolute atomic E-state index is 0.0468. The minimum atomic E-state index is 0.0468. The van der Waals surface area contributed by atoms with Gasteiger partial charge in [-0.15, -0.1) is 0 Å². The van der Waals surface area contributed by atoms with E-state index in [2.05, 4.69) is 6.92 Å². The van der Waals surface area contributed by atoms with Gasteiger partial charge in [0.2, 0.25) is 0 Å². The molecule has 1 aromatic heterocycles. The predicted octanol–water partition coefficient (Wildman–Crippen LogP) is 4.63. The summed E-state index contributed by atoms with van der Waals surface area (Å²) in [5.41, 5.74) is 3.63. The summed E-state index contributed by atoms with van der Waals surface area (Å²) < 4.78 is 1.94. The number of halogens is 1. The van der Waals surface area contributed by atoms with Gasteiger partial charge in [-0.25, -0.2) is 0 Å². The van der Waals surface area contributed by atoms with Gasteiger partial charge in [-0.2, -0.15) is 0 Å². The van der Waals surface area contributed by atoms with Crippen molar-refractivity contribution in [2.45, 2.75) is 13.3 Å². The van der Waals surface area contributed by atoms with Crippen LogP contribution in [0.3, 0.4) is 0 Å². The maximum Gasteiger partial charge on any atom is 0.195 e. The third kappa shape index (κ3) is 2.47. The first-order valence-electron chi connectivity index (χ1n) is 6.98. The van der Waals surface area contributed by atoms with Crippen molar-refractivity contribution in [1.29, 1.82) is 0 Å². The first-order valence-corrected chi connectivity index (χ1v) is 7.36. The van der Waals surface area contributed by atoms with E-state index >= 15 is 0 Å². The highest BCUT2D eigenvalue weighted by molar-refractivity contribution is 6.31. The molecule has 0 spiro atoms. The number of nitrogens with zero attached hydrogens (tertiary/aromatic N) is 1. The molecule has 0 saturated heterocycles. The Morgan fingerprint density at radius 1 is 1.14 bits per heavy atom. The summed E-state index contributed by atoms with van der Waals surface area (Å²) in [5.74, 6) is 0.0468. The van der Waals surface area contributed by atoms with Crippen LogP contribution in [0.4, 0.5) is 0 Å². The fourth-order valence-corrected chi connectivity index (χ4v) is 2.75. The molecule has 0 aliphatic heterocycles. The van der Waals surface area contributed by atoms with E-state index in [0.29, 0.717) is 10.6 Å². The fraction of sp³-hybridized carbons (Fsp3) is 0.167. The van der Waals surface area contributed by atoms with Crippen molar-refractivity contribution in [3.05, 3.63) is 70.4 Å². The van der Waals surface area contributed by atoms with Gasteiger partial charge in [0.1, 0.15) is 0 Å². The van der Waals surface area contributed by atoms with E-state index in [-0.39, 0.29) is 5.78 Å². The van der Waals surface area contributed by atoms with Crippen LogP contribution >= 0.6 is 11.6 Å². The number of hydrogen-bond donors (Lipinski definition) is 0. The minimum Gasteiger partial charge on any atom is -0.350 e. The van der Waals surface area contributed by atoms with Crippen LogP contribution in [-0.4, -0.2) is 10.4 Å². The zero-order chi connectivity index (χ0) is 15.0. The predicted molar refractivity (Wildman–Crippen MR) is 87.2 cm³/mol. The van der Waals surface area contributed by atoms with Crippen LogP contribution in [0.1, 0.15) is 28.4 Å². The number of hydrogen-bond acceptors (Lipinski definition) is 1. The van der Waals surface area contributed by atoms with Crippen molar-refractivity contribution in [1.82, 2.24) is 4.57 Å². The summed E-state index contributed by atoms with van der Waals surface area (Å²) in [5, 5.41) is 1.61. The van der Waals surface area contributed by atoms with Gasteiger partial charge < -0.3 is 4.57 Å². The Morgan fingerprint density at radius 2 is 1.86 bits per heavy atom. The van der Waals surface area contributed by atoms with Crippen LogP contribution in [0.2, 0.25) is 5.02 Å². The van der Waals surface area contributed by atoms with E-state index < -0.39 is 0 Å². The molecule has 0 aliphatic rings. The number of fused-ring (bicyclic) bond motifs is 1. The zero-order valence-electron chi connectivity index (χ0n) is 12.1. The first kappa shape index (κ1) is 13.9. The molecule has 0 N–H and O–H groups in total. The molecule has 3 aromatic rings. The lowest BCUT2D eigenvalue weighted by Crippen LogP contribution is -2.00. The fourth-order valence-electron chi connectivity index (χ4n) is 2.59. The summed E-state index contributed by atoms with van der Waals surface area (Å²) in [4.78, 5) is 12.7. The molecular weight excluding hydrogens is 282 g/mol. The molecule has 21 heavy (non-hydrogen) atoms. The van der Waals surface area contributed by atoms with Gasteiger partial charge >= 0.3 is 0 Å². The van der Waals surface area contributed by atoms with Gasteiger partial charge in [0.25, 0.3) is 0 Å². The number of ketones is 1. The number of rotatable bonds is 3. The molecule has 2 nitrogen and oxygen atoms in total. The molecule has 0 unspecified atom stereocenters. The third-order valence-electron chi connectivity index (χ3n) is 3.82. The number of aryl methyl sites for hydroxylation is 2. The Kier molecular flexibility index (Phi) is 3.56. The van der Waals surface area contributed by atoms with Crippen LogP contribution in [0, 0.1) is 0 Å². The number of aromatic nitrogens is 1. The SMILES string of the molecule is CCc1ccc(C(=O)c2cn(C)c3cc(Cl)ccc23)cc1. The Morgan fingerprint density at radius 3 is 2.52 bits per heavy atom. The second kappa shape index (κ2) is 5.38. The lowest BCUT2D eigenvalue weighted by Gasteiger charge is -2.02. The third-order valence-corrected chi connectivity index (χ3v) is 4.06. The molecule has 0 aliphatic carbocycles. The number of carbonyl (C=O) groups excluding carboxylic acids is 1. The van der Waals surface area contributed by atoms with Crippen molar-refractivity contribution in [3.63, 3.8) is 0 Å². The largest absolute Gasteiger partial charge is 0.350 e. The maximum absolute atomic E-state index is 12.7. The molecule has 3 heteroatoms. The van der Waals surface area contributed by atoms with Gasteiger partial charge in [-0.1, -0.05) is 48.9 Å². The van der Waals surface area contributed by atoms with Crippen LogP contribution in [0.15, 0.2) is 48.7 Å². The van der Waals surface area contributed by atoms with Gasteiger partial charge in [0.05, 0.1) is 0 Å². The molecule has 3 rings (SSSR count). The summed E-state index contributed by atoms with van der Waals surface area (Å²) >= 11 is 6.03. The van der Waals surface area contributed by atoms with E-state index in [1.54, 1.807) is 0 Å². The van der Waals surface area contributed by atoms with E-state index in [9.17, 15) is 4.79 Å². The Bertz CT molecular complexity index is 815. The summed E-state index contributed by atoms with van der Waals surface area (Å²) in [6.45, 7) is 2.10. The van der Waals surface area contributed by atoms with E-state index in [1.165, 1.54) is 5.56 Å². The lowest BCUT2D eigenvalue weighted by atomic mass is 10.0. The van der Waals surface area contributed by atoms with Crippen molar-refractivity contribution in [2.75, 3.05) is 0 Å². The molecular formula is C18H16ClNO. The number of carbonyl (C=O) groups is 1. The molecule has 0 atom stereocenters. The molecule has 1 heterocycles. The van der Waals surface area contributed by atoms with Crippen LogP contribution in [-0.2, 0) is 13.5 Å². The summed E-state index contributed by atoms with van der Waals surface area (Å²) in [6.07, 6.45) is 2.85. The molecule has 106 valence electrons. The Labute approximate surface area is 129 Å². The van der Waals surface area contributed by atoms with Crippen LogP contribution in [0.25, 0.3) is 10.9 Å². The van der Waals surface area contributed by atoms with Crippen LogP contribution in [0.5, 0.6) is 0 Å². The summed E-state index contributed by atoms with van der Waals surface area (Å²) in [6, 6.07) is 13.4. The van der Waals surface area contributed by atoms with E-state index in [4.69, 9.17) is 11.6 Å². The average molecular weight is 298 g/mol. The maximum atomic E-state index is 12.7. The Balaban J connectivity index is 2.08. The van der Waals surface area contributed by atoms with E-state index in [1.807, 2.05) is 60.3 Å². The standard InChI is InChI=1S/C18H16ClNO/c1-3-12-4-6-13(7-5-12)18(21)16-11-20(2)17-10-14(19)8-9-15(16)17/h4-11H,3H2,1-2H3. The smallest absolute Gasteiger partial charge is 0.195 e. The van der Waals surface area contributed by atoms with Gasteiger partial charge in [-0.3, -0.25) is 4.79 Å². The second-order valence-electron chi connectivity index (χ2n) is 5.19. The van der Waals surface area contributed by atoms with Gasteiger partial charge in [0, 0.05) is 40.3 Å². The van der Waals surface area contributed by atoms with Crippen molar-refractivity contribution in [3.8, 4) is 0 Å². The highest BCUT2D eigenvalue weighted by atomic mass is 35.5.